The van der Waals surface area contributed by atoms with E-state index in [0.717, 1.165) is 5.75 Å². The Hall–Kier alpha value is 1.09. The van der Waals surface area contributed by atoms with Gasteiger partial charge in [-0.1, -0.05) is 6.92 Å². The molecule has 0 aliphatic heterocycles. The van der Waals surface area contributed by atoms with Gasteiger partial charge in [0.05, 0.1) is 0 Å². The van der Waals surface area contributed by atoms with Gasteiger partial charge in [0.15, 0.2) is 0 Å². The van der Waals surface area contributed by atoms with E-state index >= 15 is 0 Å². The molecule has 2 heteroatoms. The first kappa shape index (κ1) is 8.92. The van der Waals surface area contributed by atoms with E-state index in [9.17, 15) is 0 Å². The summed E-state index contributed by atoms with van der Waals surface area (Å²) in [6.45, 7) is 1.94. The zero-order chi connectivity index (χ0) is 2.71. The van der Waals surface area contributed by atoms with Crippen molar-refractivity contribution in [3.8, 4) is 0 Å². The molecule has 0 aliphatic rings. The first-order valence-corrected chi connectivity index (χ1v) is 1.57. The van der Waals surface area contributed by atoms with Crippen LogP contribution in [0.4, 0.5) is 0 Å². The van der Waals surface area contributed by atoms with Crippen molar-refractivity contribution in [3.05, 3.63) is 0 Å². The van der Waals surface area contributed by atoms with Crippen molar-refractivity contribution >= 4 is 12.6 Å². The Balaban J connectivity index is 0. The van der Waals surface area contributed by atoms with E-state index in [1.807, 2.05) is 6.92 Å². The zero-order valence-corrected chi connectivity index (χ0v) is 4.72. The summed E-state index contributed by atoms with van der Waals surface area (Å²) in [4.78, 5) is 0. The van der Waals surface area contributed by atoms with Crippen molar-refractivity contribution in [2.45, 2.75) is 6.92 Å². The van der Waals surface area contributed by atoms with Crippen LogP contribution in [0.25, 0.3) is 0 Å². The summed E-state index contributed by atoms with van der Waals surface area (Å²) in [6.07, 6.45) is 0. The van der Waals surface area contributed by atoms with Crippen LogP contribution in [0.1, 0.15) is 6.92 Å². The molecule has 0 N–H and O–H groups in total. The van der Waals surface area contributed by atoms with Crippen molar-refractivity contribution in [2.75, 3.05) is 5.75 Å². The molecule has 0 aromatic carbocycles. The summed E-state index contributed by atoms with van der Waals surface area (Å²) in [7, 11) is 0. The average Bonchev–Trinajstić information content (AvgIpc) is 0.918. The fourth-order valence-electron chi connectivity index (χ4n) is 0. The molecule has 0 unspecified atom stereocenters. The summed E-state index contributed by atoms with van der Waals surface area (Å²) in [5, 5.41) is 0. The normalized spacial score (nSPS) is 4.50. The van der Waals surface area contributed by atoms with Gasteiger partial charge in [-0.25, -0.2) is 0 Å². The summed E-state index contributed by atoms with van der Waals surface area (Å²) in [5.74, 6) is 0.833. The third kappa shape index (κ3) is 11.4. The molecule has 0 rings (SSSR count). The van der Waals surface area contributed by atoms with Gasteiger partial charge in [0, 0.05) is 0 Å². The maximum atomic E-state index is 4.39. The molecule has 0 amide bonds. The van der Waals surface area contributed by atoms with E-state index in [1.165, 1.54) is 0 Å². The minimum absolute atomic E-state index is 0. The maximum Gasteiger partial charge on any atom is 1.00 e. The molecule has 4 heavy (non-hydrogen) atoms. The monoisotopic (exact) mass is 168 g/mol. The molecule has 0 aromatic rings. The second kappa shape index (κ2) is 8.94. The molecule has 0 bridgehead atoms. The molecular weight excluding hydrogens is 164 g/mol. The van der Waals surface area contributed by atoms with Gasteiger partial charge in [-0.2, -0.15) is 5.75 Å². The van der Waals surface area contributed by atoms with E-state index < -0.39 is 0 Å². The number of rotatable bonds is 0. The third-order valence-electron chi connectivity index (χ3n) is 0. The Bertz CT molecular complexity index is 6.00. The molecule has 0 nitrogen and oxygen atoms in total. The molecule has 0 heterocycles. The molecule has 0 aromatic heterocycles. The number of hydrogen-bond donors (Lipinski definition) is 0. The molecule has 0 spiro atoms. The largest absolute Gasteiger partial charge is 1.00 e. The van der Waals surface area contributed by atoms with Gasteiger partial charge in [0.2, 0.25) is 0 Å². The van der Waals surface area contributed by atoms with Crippen molar-refractivity contribution in [1.29, 1.82) is 0 Å². The second-order valence-corrected chi connectivity index (χ2v) is 0.866. The minimum atomic E-state index is 0. The first-order valence-electron chi connectivity index (χ1n) is 0.996. The van der Waals surface area contributed by atoms with Gasteiger partial charge in [0.1, 0.15) is 0 Å². The second-order valence-electron chi connectivity index (χ2n) is 0.289. The van der Waals surface area contributed by atoms with Crippen LogP contribution in [-0.2, 0) is 35.0 Å². The maximum absolute atomic E-state index is 4.39. The molecular formula is C2H5AgS. The predicted molar refractivity (Wildman–Crippen MR) is 17.9 cm³/mol. The zero-order valence-electron chi connectivity index (χ0n) is 2.42. The van der Waals surface area contributed by atoms with Crippen molar-refractivity contribution < 1.29 is 22.4 Å². The molecule has 0 aliphatic carbocycles. The molecule has 30 valence electrons. The Kier molecular flexibility index (Phi) is 19.9. The van der Waals surface area contributed by atoms with Gasteiger partial charge in [0.25, 0.3) is 0 Å². The van der Waals surface area contributed by atoms with Crippen molar-refractivity contribution in [2.24, 2.45) is 0 Å². The average molecular weight is 169 g/mol. The predicted octanol–water partition coefficient (Wildman–Crippen LogP) is 0.551. The van der Waals surface area contributed by atoms with Crippen LogP contribution >= 0.6 is 0 Å². The van der Waals surface area contributed by atoms with E-state index in [2.05, 4.69) is 12.6 Å². The van der Waals surface area contributed by atoms with Crippen LogP contribution in [0.5, 0.6) is 0 Å². The molecule has 0 atom stereocenters. The Labute approximate surface area is 47.9 Å². The van der Waals surface area contributed by atoms with Crippen LogP contribution in [0.15, 0.2) is 0 Å². The van der Waals surface area contributed by atoms with Gasteiger partial charge in [-0.3, -0.25) is 0 Å². The molecule has 0 saturated carbocycles. The fraction of sp³-hybridized carbons (Fsp3) is 1.00. The first-order chi connectivity index (χ1) is 1.41. The van der Waals surface area contributed by atoms with E-state index in [-0.39, 0.29) is 22.4 Å². The van der Waals surface area contributed by atoms with Gasteiger partial charge >= 0.3 is 22.4 Å². The Morgan fingerprint density at radius 1 is 1.75 bits per heavy atom. The smallest absolute Gasteiger partial charge is 0.793 e. The van der Waals surface area contributed by atoms with Gasteiger partial charge in [-0.05, 0) is 0 Å². The van der Waals surface area contributed by atoms with Crippen LogP contribution in [-0.4, -0.2) is 5.75 Å². The minimum Gasteiger partial charge on any atom is -0.793 e. The summed E-state index contributed by atoms with van der Waals surface area (Å²) in [5.41, 5.74) is 0. The van der Waals surface area contributed by atoms with Crippen LogP contribution in [0.3, 0.4) is 0 Å². The van der Waals surface area contributed by atoms with Crippen LogP contribution < -0.4 is 0 Å². The fourth-order valence-corrected chi connectivity index (χ4v) is 0. The van der Waals surface area contributed by atoms with Crippen molar-refractivity contribution in [1.82, 2.24) is 0 Å². The third-order valence-corrected chi connectivity index (χ3v) is 0. The topological polar surface area (TPSA) is 0 Å². The van der Waals surface area contributed by atoms with Crippen molar-refractivity contribution in [3.63, 3.8) is 0 Å². The molecule has 0 saturated heterocycles. The van der Waals surface area contributed by atoms with Crippen LogP contribution in [0, 0.1) is 0 Å². The Morgan fingerprint density at radius 2 is 1.75 bits per heavy atom. The molecule has 0 radical (unpaired) electrons. The van der Waals surface area contributed by atoms with E-state index in [1.54, 1.807) is 0 Å². The Morgan fingerprint density at radius 3 is 1.75 bits per heavy atom. The van der Waals surface area contributed by atoms with Crippen LogP contribution in [0.2, 0.25) is 0 Å². The summed E-state index contributed by atoms with van der Waals surface area (Å²) in [6, 6.07) is 0. The standard InChI is InChI=1S/C2H6S.Ag/c1-2-3;/h3H,2H2,1H3;/q;+1/p-1. The summed E-state index contributed by atoms with van der Waals surface area (Å²) < 4.78 is 0. The summed E-state index contributed by atoms with van der Waals surface area (Å²) >= 11 is 4.39. The van der Waals surface area contributed by atoms with Gasteiger partial charge in [-0.15, -0.1) is 0 Å². The molecule has 0 fully saturated rings. The van der Waals surface area contributed by atoms with E-state index in [0.29, 0.717) is 0 Å². The quantitative estimate of drug-likeness (QED) is 0.377. The number of hydrogen-bond acceptors (Lipinski definition) is 1. The van der Waals surface area contributed by atoms with E-state index in [4.69, 9.17) is 0 Å². The SMILES string of the molecule is CC[S-].[Ag+]. The van der Waals surface area contributed by atoms with Gasteiger partial charge < -0.3 is 12.6 Å².